The first kappa shape index (κ1) is 19.1. The van der Waals surface area contributed by atoms with Gasteiger partial charge in [-0.2, -0.15) is 0 Å². The quantitative estimate of drug-likeness (QED) is 0.358. The van der Waals surface area contributed by atoms with Gasteiger partial charge in [-0.15, -0.1) is 0 Å². The van der Waals surface area contributed by atoms with Gasteiger partial charge in [-0.3, -0.25) is 4.79 Å². The third-order valence-electron chi connectivity index (χ3n) is 4.48. The molecule has 8 nitrogen and oxygen atoms in total. The summed E-state index contributed by atoms with van der Waals surface area (Å²) in [5.41, 5.74) is 8.97. The summed E-state index contributed by atoms with van der Waals surface area (Å²) in [6.07, 6.45) is 3.18. The lowest BCUT2D eigenvalue weighted by molar-refractivity contribution is 0.0909. The average Bonchev–Trinajstić information content (AvgIpc) is 3.16. The molecule has 3 aromatic heterocycles. The molecule has 4 rings (SSSR count). The number of fused-ring (bicyclic) bond motifs is 3. The van der Waals surface area contributed by atoms with Crippen molar-refractivity contribution in [2.75, 3.05) is 25.5 Å². The SMILES string of the molecule is Nc1nc2ccccc2c2c1ncn2CCOCCNC(=O)c1ccc(Cl)nc1. The van der Waals surface area contributed by atoms with E-state index in [1.165, 1.54) is 6.20 Å². The summed E-state index contributed by atoms with van der Waals surface area (Å²) in [7, 11) is 0. The fourth-order valence-corrected chi connectivity index (χ4v) is 3.20. The number of amides is 1. The lowest BCUT2D eigenvalue weighted by Crippen LogP contribution is -2.27. The number of hydrogen-bond acceptors (Lipinski definition) is 6. The number of nitrogens with two attached hydrogens (primary N) is 1. The molecule has 148 valence electrons. The predicted molar refractivity (Wildman–Crippen MR) is 112 cm³/mol. The molecule has 0 saturated heterocycles. The van der Waals surface area contributed by atoms with Gasteiger partial charge in [0.2, 0.25) is 0 Å². The fourth-order valence-electron chi connectivity index (χ4n) is 3.09. The van der Waals surface area contributed by atoms with Crippen molar-refractivity contribution in [2.24, 2.45) is 0 Å². The number of imidazole rings is 1. The van der Waals surface area contributed by atoms with Gasteiger partial charge in [0.05, 0.1) is 36.1 Å². The first-order chi connectivity index (χ1) is 14.1. The number of para-hydroxylation sites is 1. The van der Waals surface area contributed by atoms with E-state index in [0.29, 0.717) is 48.4 Å². The molecule has 0 radical (unpaired) electrons. The number of rotatable bonds is 7. The van der Waals surface area contributed by atoms with Gasteiger partial charge in [-0.25, -0.2) is 15.0 Å². The second kappa shape index (κ2) is 8.42. The summed E-state index contributed by atoms with van der Waals surface area (Å²) >= 11 is 5.72. The summed E-state index contributed by atoms with van der Waals surface area (Å²) in [5.74, 6) is 0.200. The largest absolute Gasteiger partial charge is 0.382 e. The molecule has 0 aliphatic heterocycles. The van der Waals surface area contributed by atoms with Crippen molar-refractivity contribution >= 4 is 45.3 Å². The zero-order valence-corrected chi connectivity index (χ0v) is 16.3. The minimum absolute atomic E-state index is 0.215. The molecule has 3 N–H and O–H groups in total. The van der Waals surface area contributed by atoms with Crippen LogP contribution in [0.15, 0.2) is 48.9 Å². The van der Waals surface area contributed by atoms with Gasteiger partial charge in [0.25, 0.3) is 5.91 Å². The molecule has 0 aliphatic rings. The molecule has 0 saturated carbocycles. The highest BCUT2D eigenvalue weighted by Crippen LogP contribution is 2.26. The minimum atomic E-state index is -0.215. The summed E-state index contributed by atoms with van der Waals surface area (Å²) < 4.78 is 7.66. The van der Waals surface area contributed by atoms with Crippen LogP contribution in [-0.2, 0) is 11.3 Å². The van der Waals surface area contributed by atoms with Gasteiger partial charge in [0.15, 0.2) is 5.82 Å². The maximum absolute atomic E-state index is 12.0. The first-order valence-corrected chi connectivity index (χ1v) is 9.48. The van der Waals surface area contributed by atoms with Crippen molar-refractivity contribution in [3.63, 3.8) is 0 Å². The molecule has 1 aromatic carbocycles. The number of hydrogen-bond donors (Lipinski definition) is 2. The molecule has 0 atom stereocenters. The normalized spacial score (nSPS) is 11.2. The summed E-state index contributed by atoms with van der Waals surface area (Å²) in [5, 5.41) is 4.13. The van der Waals surface area contributed by atoms with Crippen molar-refractivity contribution in [2.45, 2.75) is 6.54 Å². The van der Waals surface area contributed by atoms with Gasteiger partial charge in [0, 0.05) is 24.7 Å². The van der Waals surface area contributed by atoms with Crippen molar-refractivity contribution in [1.82, 2.24) is 24.8 Å². The molecular weight excluding hydrogens is 392 g/mol. The lowest BCUT2D eigenvalue weighted by Gasteiger charge is -2.09. The smallest absolute Gasteiger partial charge is 0.252 e. The molecular formula is C20H19ClN6O2. The molecule has 0 spiro atoms. The zero-order valence-electron chi connectivity index (χ0n) is 15.5. The Kier molecular flexibility index (Phi) is 5.55. The number of carbonyl (C=O) groups is 1. The monoisotopic (exact) mass is 410 g/mol. The maximum Gasteiger partial charge on any atom is 0.252 e. The summed E-state index contributed by atoms with van der Waals surface area (Å²) in [6.45, 7) is 1.87. The highest BCUT2D eigenvalue weighted by atomic mass is 35.5. The van der Waals surface area contributed by atoms with Crippen LogP contribution in [0.1, 0.15) is 10.4 Å². The van der Waals surface area contributed by atoms with Crippen LogP contribution in [0.4, 0.5) is 5.82 Å². The van der Waals surface area contributed by atoms with E-state index in [-0.39, 0.29) is 5.91 Å². The van der Waals surface area contributed by atoms with E-state index in [2.05, 4.69) is 20.3 Å². The minimum Gasteiger partial charge on any atom is -0.382 e. The van der Waals surface area contributed by atoms with Crippen molar-refractivity contribution in [1.29, 1.82) is 0 Å². The Labute approximate surface area is 171 Å². The van der Waals surface area contributed by atoms with Crippen molar-refractivity contribution in [3.05, 3.63) is 59.6 Å². The molecule has 0 unspecified atom stereocenters. The summed E-state index contributed by atoms with van der Waals surface area (Å²) in [6, 6.07) is 11.0. The Bertz CT molecular complexity index is 1160. The van der Waals surface area contributed by atoms with Gasteiger partial charge < -0.3 is 20.4 Å². The topological polar surface area (TPSA) is 108 Å². The number of halogens is 1. The van der Waals surface area contributed by atoms with Crippen LogP contribution >= 0.6 is 11.6 Å². The second-order valence-electron chi connectivity index (χ2n) is 6.39. The van der Waals surface area contributed by atoms with Crippen LogP contribution in [0.3, 0.4) is 0 Å². The first-order valence-electron chi connectivity index (χ1n) is 9.10. The molecule has 4 aromatic rings. The molecule has 0 fully saturated rings. The molecule has 3 heterocycles. The van der Waals surface area contributed by atoms with Crippen LogP contribution in [-0.4, -0.2) is 45.2 Å². The number of benzene rings is 1. The Balaban J connectivity index is 1.32. The Morgan fingerprint density at radius 2 is 2.03 bits per heavy atom. The van der Waals surface area contributed by atoms with E-state index < -0.39 is 0 Å². The number of nitrogens with zero attached hydrogens (tertiary/aromatic N) is 4. The zero-order chi connectivity index (χ0) is 20.2. The van der Waals surface area contributed by atoms with Gasteiger partial charge in [-0.05, 0) is 18.2 Å². The van der Waals surface area contributed by atoms with E-state index >= 15 is 0 Å². The van der Waals surface area contributed by atoms with Crippen LogP contribution in [0, 0.1) is 0 Å². The number of pyridine rings is 2. The molecule has 0 aliphatic carbocycles. The fraction of sp³-hybridized carbons (Fsp3) is 0.200. The average molecular weight is 411 g/mol. The Hall–Kier alpha value is -3.23. The summed E-state index contributed by atoms with van der Waals surface area (Å²) in [4.78, 5) is 24.7. The van der Waals surface area contributed by atoms with E-state index in [9.17, 15) is 4.79 Å². The standard InChI is InChI=1S/C20H19ClN6O2/c21-16-6-5-13(11-24-16)20(28)23-7-9-29-10-8-27-12-25-17-18(27)14-3-1-2-4-15(14)26-19(17)22/h1-6,11-12H,7-10H2,(H2,22,26)(H,23,28). The van der Waals surface area contributed by atoms with Crippen molar-refractivity contribution in [3.8, 4) is 0 Å². The van der Waals surface area contributed by atoms with E-state index in [1.54, 1.807) is 18.5 Å². The maximum atomic E-state index is 12.0. The Morgan fingerprint density at radius 1 is 1.17 bits per heavy atom. The van der Waals surface area contributed by atoms with E-state index in [4.69, 9.17) is 22.1 Å². The van der Waals surface area contributed by atoms with Gasteiger partial charge >= 0.3 is 0 Å². The number of aromatic nitrogens is 4. The molecule has 0 bridgehead atoms. The Morgan fingerprint density at radius 3 is 2.86 bits per heavy atom. The van der Waals surface area contributed by atoms with Gasteiger partial charge in [0.1, 0.15) is 10.7 Å². The number of nitrogen functional groups attached to an aromatic ring is 1. The molecule has 29 heavy (non-hydrogen) atoms. The molecule has 9 heteroatoms. The number of ether oxygens (including phenoxy) is 1. The third kappa shape index (κ3) is 4.13. The second-order valence-corrected chi connectivity index (χ2v) is 6.77. The number of carbonyl (C=O) groups excluding carboxylic acids is 1. The van der Waals surface area contributed by atoms with E-state index in [0.717, 1.165) is 16.4 Å². The predicted octanol–water partition coefficient (Wildman–Crippen LogP) is 2.66. The molecule has 1 amide bonds. The van der Waals surface area contributed by atoms with Crippen LogP contribution in [0.2, 0.25) is 5.15 Å². The van der Waals surface area contributed by atoms with Crippen LogP contribution in [0.25, 0.3) is 21.9 Å². The highest BCUT2D eigenvalue weighted by Gasteiger charge is 2.12. The number of anilines is 1. The number of nitrogens with one attached hydrogen (secondary N) is 1. The van der Waals surface area contributed by atoms with Crippen molar-refractivity contribution < 1.29 is 9.53 Å². The van der Waals surface area contributed by atoms with E-state index in [1.807, 2.05) is 28.8 Å². The van der Waals surface area contributed by atoms with Crippen LogP contribution < -0.4 is 11.1 Å². The van der Waals surface area contributed by atoms with Gasteiger partial charge in [-0.1, -0.05) is 29.8 Å². The lowest BCUT2D eigenvalue weighted by atomic mass is 10.2. The highest BCUT2D eigenvalue weighted by molar-refractivity contribution is 6.29. The van der Waals surface area contributed by atoms with Crippen LogP contribution in [0.5, 0.6) is 0 Å². The third-order valence-corrected chi connectivity index (χ3v) is 4.70.